The van der Waals surface area contributed by atoms with Crippen LogP contribution in [0.4, 0.5) is 0 Å². The lowest BCUT2D eigenvalue weighted by molar-refractivity contribution is -0.142. The van der Waals surface area contributed by atoms with Crippen LogP contribution in [0, 0.1) is 0 Å². The normalized spacial score (nSPS) is 15.3. The summed E-state index contributed by atoms with van der Waals surface area (Å²) in [5.41, 5.74) is 3.63. The molecule has 0 radical (unpaired) electrons. The highest BCUT2D eigenvalue weighted by Crippen LogP contribution is 2.09. The molecule has 1 aliphatic heterocycles. The van der Waals surface area contributed by atoms with Gasteiger partial charge < -0.3 is 10.2 Å². The quantitative estimate of drug-likeness (QED) is 0.570. The number of amides is 2. The van der Waals surface area contributed by atoms with Crippen molar-refractivity contribution in [1.82, 2.24) is 15.9 Å². The minimum absolute atomic E-state index is 0.0582. The maximum absolute atomic E-state index is 12.7. The van der Waals surface area contributed by atoms with Gasteiger partial charge in [0.2, 0.25) is 0 Å². The molecule has 1 heterocycles. The maximum Gasteiger partial charge on any atom is 0.376 e. The lowest BCUT2D eigenvalue weighted by Crippen LogP contribution is -2.33. The first kappa shape index (κ1) is 20.0. The topological polar surface area (TPSA) is 100 Å². The van der Waals surface area contributed by atoms with E-state index < -0.39 is 17.8 Å². The van der Waals surface area contributed by atoms with E-state index in [1.165, 1.54) is 11.1 Å². The smallest absolute Gasteiger partial charge is 0.350 e. The van der Waals surface area contributed by atoms with Crippen LogP contribution in [0.5, 0.6) is 0 Å². The molecular weight excluding hydrogens is 372 g/mol. The van der Waals surface area contributed by atoms with Crippen LogP contribution in [0.3, 0.4) is 0 Å². The molecule has 2 amide bonds. The highest BCUT2D eigenvalue weighted by molar-refractivity contribution is 6.45. The number of benzene rings is 2. The number of hydrogen-bond donors (Lipinski definition) is 2. The average Bonchev–Trinajstić information content (AvgIpc) is 3.06. The van der Waals surface area contributed by atoms with Crippen molar-refractivity contribution in [3.63, 3.8) is 0 Å². The van der Waals surface area contributed by atoms with Crippen molar-refractivity contribution in [2.75, 3.05) is 13.6 Å². The number of nitrogens with zero attached hydrogens (tertiary/aromatic N) is 2. The molecule has 0 aliphatic carbocycles. The second-order valence-electron chi connectivity index (χ2n) is 6.23. The Hall–Kier alpha value is -3.78. The van der Waals surface area contributed by atoms with Crippen molar-refractivity contribution in [3.05, 3.63) is 83.6 Å². The fourth-order valence-corrected chi connectivity index (χ4v) is 2.59. The molecule has 0 atom stereocenters. The van der Waals surface area contributed by atoms with Crippen LogP contribution in [-0.2, 0) is 20.8 Å². The predicted molar refractivity (Wildman–Crippen MR) is 106 cm³/mol. The monoisotopic (exact) mass is 392 g/mol. The molecule has 2 N–H and O–H groups in total. The van der Waals surface area contributed by atoms with Gasteiger partial charge in [0.1, 0.15) is 11.4 Å². The Morgan fingerprint density at radius 3 is 2.38 bits per heavy atom. The Balaban J connectivity index is 1.79. The Bertz CT molecular complexity index is 955. The summed E-state index contributed by atoms with van der Waals surface area (Å²) in [4.78, 5) is 45.6. The molecule has 0 aromatic heterocycles. The summed E-state index contributed by atoms with van der Waals surface area (Å²) in [7, 11) is 1.54. The predicted octanol–water partition coefficient (Wildman–Crippen LogP) is 1.42. The largest absolute Gasteiger partial charge is 0.376 e. The van der Waals surface area contributed by atoms with Gasteiger partial charge in [-0.15, -0.1) is 0 Å². The third-order valence-corrected chi connectivity index (χ3v) is 4.14. The molecule has 1 aliphatic rings. The molecule has 29 heavy (non-hydrogen) atoms. The first-order valence-corrected chi connectivity index (χ1v) is 8.97. The fraction of sp³-hybridized carbons (Fsp3) is 0.143. The maximum atomic E-state index is 12.7. The van der Waals surface area contributed by atoms with Crippen LogP contribution >= 0.6 is 0 Å². The number of hydrazine groups is 1. The first-order valence-electron chi connectivity index (χ1n) is 8.97. The van der Waals surface area contributed by atoms with Gasteiger partial charge >= 0.3 is 5.97 Å². The third-order valence-electron chi connectivity index (χ3n) is 4.14. The average molecular weight is 392 g/mol. The highest BCUT2D eigenvalue weighted by Gasteiger charge is 2.26. The molecule has 1 saturated heterocycles. The van der Waals surface area contributed by atoms with Gasteiger partial charge in [-0.3, -0.25) is 14.6 Å². The van der Waals surface area contributed by atoms with Crippen molar-refractivity contribution < 1.29 is 19.2 Å². The van der Waals surface area contributed by atoms with Crippen LogP contribution in [0.1, 0.15) is 15.9 Å². The van der Waals surface area contributed by atoms with Gasteiger partial charge in [-0.25, -0.2) is 9.79 Å². The summed E-state index contributed by atoms with van der Waals surface area (Å²) in [5.74, 6) is -1.83. The number of carbonyl (C=O) groups is 3. The van der Waals surface area contributed by atoms with Crippen LogP contribution in [0.25, 0.3) is 0 Å². The summed E-state index contributed by atoms with van der Waals surface area (Å²) in [6.07, 6.45) is 1.84. The third kappa shape index (κ3) is 5.36. The Labute approximate surface area is 167 Å². The van der Waals surface area contributed by atoms with Crippen molar-refractivity contribution >= 4 is 23.5 Å². The molecule has 8 heteroatoms. The zero-order chi connectivity index (χ0) is 20.6. The Morgan fingerprint density at radius 2 is 1.76 bits per heavy atom. The first-order chi connectivity index (χ1) is 14.0. The molecule has 0 unspecified atom stereocenters. The zero-order valence-corrected chi connectivity index (χ0v) is 15.8. The minimum atomic E-state index is -0.676. The van der Waals surface area contributed by atoms with E-state index in [9.17, 15) is 14.4 Å². The van der Waals surface area contributed by atoms with Gasteiger partial charge in [-0.05, 0) is 24.1 Å². The van der Waals surface area contributed by atoms with E-state index in [0.29, 0.717) is 18.5 Å². The van der Waals surface area contributed by atoms with Crippen LogP contribution in [-0.4, -0.2) is 42.1 Å². The van der Waals surface area contributed by atoms with Crippen molar-refractivity contribution in [1.29, 1.82) is 0 Å². The van der Waals surface area contributed by atoms with E-state index in [2.05, 4.69) is 20.7 Å². The molecule has 3 rings (SSSR count). The Kier molecular flexibility index (Phi) is 6.49. The molecule has 1 fully saturated rings. The summed E-state index contributed by atoms with van der Waals surface area (Å²) < 4.78 is 0. The van der Waals surface area contributed by atoms with Gasteiger partial charge in [0, 0.05) is 25.2 Å². The molecule has 148 valence electrons. The summed E-state index contributed by atoms with van der Waals surface area (Å²) in [6.45, 7) is 0.350. The lowest BCUT2D eigenvalue weighted by Gasteiger charge is -2.09. The molecule has 0 saturated carbocycles. The molecule has 2 aromatic carbocycles. The van der Waals surface area contributed by atoms with Gasteiger partial charge in [0.25, 0.3) is 11.8 Å². The van der Waals surface area contributed by atoms with Gasteiger partial charge in [-0.2, -0.15) is 0 Å². The van der Waals surface area contributed by atoms with Crippen LogP contribution in [0.2, 0.25) is 0 Å². The number of rotatable bonds is 6. The second kappa shape index (κ2) is 9.43. The summed E-state index contributed by atoms with van der Waals surface area (Å²) in [5, 5.41) is 4.03. The van der Waals surface area contributed by atoms with Crippen molar-refractivity contribution in [2.24, 2.45) is 4.99 Å². The second-order valence-corrected chi connectivity index (χ2v) is 6.23. The molecular formula is C21H20N4O4. The number of likely N-dealkylation sites (N-methyl/N-ethyl adjacent to an activating group) is 1. The standard InChI is InChI=1S/C21H20N4O4/c1-25-18(21(28)29-24-25)14-17(23-19(26)16-10-6-3-7-11-16)20(27)22-13-12-15-8-4-2-5-9-15/h2-11,14,24H,12-13H2,1H3,(H,22,27)/b18-14-,23-17?. The van der Waals surface area contributed by atoms with Crippen molar-refractivity contribution in [3.8, 4) is 0 Å². The number of hydrogen-bond acceptors (Lipinski definition) is 6. The lowest BCUT2D eigenvalue weighted by atomic mass is 10.1. The van der Waals surface area contributed by atoms with Gasteiger partial charge in [0.15, 0.2) is 0 Å². The Morgan fingerprint density at radius 1 is 1.10 bits per heavy atom. The SMILES string of the molecule is CN1NOC(=O)/C1=C/C(=NC(=O)c1ccccc1)C(=O)NCCc1ccccc1. The van der Waals surface area contributed by atoms with Crippen LogP contribution in [0.15, 0.2) is 77.4 Å². The number of nitrogens with one attached hydrogen (secondary N) is 2. The van der Waals surface area contributed by atoms with Crippen molar-refractivity contribution in [2.45, 2.75) is 6.42 Å². The van der Waals surface area contributed by atoms with Gasteiger partial charge in [-0.1, -0.05) is 54.1 Å². The molecule has 2 aromatic rings. The van der Waals surface area contributed by atoms with E-state index in [1.807, 2.05) is 30.3 Å². The molecule has 0 spiro atoms. The number of carbonyl (C=O) groups excluding carboxylic acids is 3. The van der Waals surface area contributed by atoms with E-state index in [4.69, 9.17) is 0 Å². The minimum Gasteiger partial charge on any atom is -0.350 e. The van der Waals surface area contributed by atoms with Gasteiger partial charge in [0.05, 0.1) is 0 Å². The van der Waals surface area contributed by atoms with Crippen LogP contribution < -0.4 is 10.9 Å². The van der Waals surface area contributed by atoms with E-state index in [1.54, 1.807) is 37.4 Å². The zero-order valence-electron chi connectivity index (χ0n) is 15.8. The van der Waals surface area contributed by atoms with E-state index >= 15 is 0 Å². The van der Waals surface area contributed by atoms with E-state index in [0.717, 1.165) is 5.56 Å². The molecule has 0 bridgehead atoms. The highest BCUT2D eigenvalue weighted by atomic mass is 16.7. The molecule has 8 nitrogen and oxygen atoms in total. The number of aliphatic imine (C=N–C) groups is 1. The fourth-order valence-electron chi connectivity index (χ4n) is 2.59. The summed E-state index contributed by atoms with van der Waals surface area (Å²) >= 11 is 0. The van der Waals surface area contributed by atoms with E-state index in [-0.39, 0.29) is 11.4 Å². The summed E-state index contributed by atoms with van der Waals surface area (Å²) in [6, 6.07) is 18.0.